The van der Waals surface area contributed by atoms with Gasteiger partial charge in [0.2, 0.25) is 0 Å². The number of nitrogens with zero attached hydrogens (tertiary/aromatic N) is 4. The molecule has 12 nitrogen and oxygen atoms in total. The molecule has 0 amide bonds. The molecule has 0 saturated carbocycles. The highest BCUT2D eigenvalue weighted by Gasteiger charge is 2.21. The maximum absolute atomic E-state index is 12.3. The number of nitrogens with two attached hydrogens (primary N) is 2. The molecule has 6 N–H and O–H groups in total. The standard InChI is InChI=1S/C34H32N6O6S2/c1-2-25(19-32(47(41,42)43)28-8-4-3-7-24(28)21-35)37-38-26-15-11-22(12-16-26)23-13-17-27(18-14-23)39-40-31-20-33(48(44,45)46)29-9-5-6-10-30(29)34(31)36/h3-20,25H,2,21,35-36H2,1H3,(H,41,42,43)(H,44,45,46)/b32-19+,38-37?,40-39?. The van der Waals surface area contributed by atoms with Crippen LogP contribution in [0.25, 0.3) is 26.8 Å². The molecular formula is C34H32N6O6S2. The molecule has 0 heterocycles. The lowest BCUT2D eigenvalue weighted by molar-refractivity contribution is 0.484. The van der Waals surface area contributed by atoms with E-state index in [2.05, 4.69) is 20.5 Å². The molecule has 0 spiro atoms. The van der Waals surface area contributed by atoms with Gasteiger partial charge in [-0.2, -0.15) is 32.2 Å². The highest BCUT2D eigenvalue weighted by atomic mass is 32.2. The molecule has 0 aliphatic rings. The van der Waals surface area contributed by atoms with Crippen molar-refractivity contribution in [3.63, 3.8) is 0 Å². The summed E-state index contributed by atoms with van der Waals surface area (Å²) >= 11 is 0. The quantitative estimate of drug-likeness (QED) is 0.0606. The first-order valence-corrected chi connectivity index (χ1v) is 17.6. The monoisotopic (exact) mass is 684 g/mol. The fourth-order valence-electron chi connectivity index (χ4n) is 5.00. The van der Waals surface area contributed by atoms with Gasteiger partial charge in [0, 0.05) is 17.3 Å². The Morgan fingerprint density at radius 2 is 1.33 bits per heavy atom. The topological polar surface area (TPSA) is 210 Å². The third-order valence-corrected chi connectivity index (χ3v) is 9.32. The molecule has 0 aliphatic carbocycles. The number of hydrogen-bond donors (Lipinski definition) is 4. The number of rotatable bonds is 11. The second kappa shape index (κ2) is 14.3. The largest absolute Gasteiger partial charge is 0.396 e. The van der Waals surface area contributed by atoms with E-state index in [0.717, 1.165) is 11.1 Å². The third-order valence-electron chi connectivity index (χ3n) is 7.51. The minimum atomic E-state index is -4.56. The predicted molar refractivity (Wildman–Crippen MR) is 187 cm³/mol. The highest BCUT2D eigenvalue weighted by molar-refractivity contribution is 7.95. The molecular weight excluding hydrogens is 653 g/mol. The second-order valence-electron chi connectivity index (χ2n) is 10.7. The first kappa shape index (κ1) is 34.2. The molecule has 0 aliphatic heterocycles. The van der Waals surface area contributed by atoms with E-state index in [4.69, 9.17) is 11.5 Å². The Bertz CT molecular complexity index is 2270. The Labute approximate surface area is 278 Å². The van der Waals surface area contributed by atoms with Gasteiger partial charge in [-0.05, 0) is 65.1 Å². The molecule has 1 atom stereocenters. The molecule has 0 aromatic heterocycles. The van der Waals surface area contributed by atoms with Crippen molar-refractivity contribution in [2.24, 2.45) is 26.2 Å². The summed E-state index contributed by atoms with van der Waals surface area (Å²) in [5.74, 6) is 0. The Kier molecular flexibility index (Phi) is 10.2. The van der Waals surface area contributed by atoms with Gasteiger partial charge < -0.3 is 11.5 Å². The van der Waals surface area contributed by atoms with Crippen molar-refractivity contribution in [1.29, 1.82) is 0 Å². The Morgan fingerprint density at radius 1 is 0.771 bits per heavy atom. The smallest absolute Gasteiger partial charge is 0.295 e. The second-order valence-corrected chi connectivity index (χ2v) is 13.5. The minimum Gasteiger partial charge on any atom is -0.396 e. The summed E-state index contributed by atoms with van der Waals surface area (Å²) in [7, 11) is -9.09. The molecule has 5 aromatic carbocycles. The Hall–Kier alpha value is -5.12. The lowest BCUT2D eigenvalue weighted by atomic mass is 10.1. The van der Waals surface area contributed by atoms with Gasteiger partial charge in [-0.25, -0.2) is 0 Å². The zero-order valence-corrected chi connectivity index (χ0v) is 27.3. The SMILES string of the molecule is CCC(/C=C(\c1ccccc1CN)S(=O)(=O)O)N=Nc1ccc(-c2ccc(N=Nc3cc(S(=O)(=O)O)c4ccccc4c3N)cc2)cc1. The number of nitrogen functional groups attached to an aromatic ring is 1. The van der Waals surface area contributed by atoms with Gasteiger partial charge in [0.05, 0.1) is 28.0 Å². The Balaban J connectivity index is 1.33. The van der Waals surface area contributed by atoms with Crippen molar-refractivity contribution in [3.05, 3.63) is 120 Å². The van der Waals surface area contributed by atoms with Gasteiger partial charge in [-0.15, -0.1) is 5.11 Å². The van der Waals surface area contributed by atoms with Crippen LogP contribution in [0.4, 0.5) is 22.7 Å². The van der Waals surface area contributed by atoms with Crippen LogP contribution in [0.1, 0.15) is 24.5 Å². The summed E-state index contributed by atoms with van der Waals surface area (Å²) < 4.78 is 68.2. The predicted octanol–water partition coefficient (Wildman–Crippen LogP) is 8.00. The van der Waals surface area contributed by atoms with Crippen molar-refractivity contribution in [2.45, 2.75) is 30.8 Å². The van der Waals surface area contributed by atoms with Gasteiger partial charge >= 0.3 is 0 Å². The van der Waals surface area contributed by atoms with Crippen molar-refractivity contribution in [1.82, 2.24) is 0 Å². The van der Waals surface area contributed by atoms with E-state index in [0.29, 0.717) is 34.3 Å². The van der Waals surface area contributed by atoms with Crippen molar-refractivity contribution < 1.29 is 25.9 Å². The average molecular weight is 685 g/mol. The maximum atomic E-state index is 12.3. The van der Waals surface area contributed by atoms with Crippen LogP contribution in [0, 0.1) is 0 Å². The summed E-state index contributed by atoms with van der Waals surface area (Å²) in [6.07, 6.45) is 1.81. The number of hydrogen-bond acceptors (Lipinski definition) is 10. The van der Waals surface area contributed by atoms with Crippen LogP contribution in [-0.2, 0) is 26.8 Å². The molecule has 1 unspecified atom stereocenters. The van der Waals surface area contributed by atoms with Crippen molar-refractivity contribution in [2.75, 3.05) is 5.73 Å². The van der Waals surface area contributed by atoms with Gasteiger partial charge in [0.15, 0.2) is 0 Å². The molecule has 0 radical (unpaired) electrons. The summed E-state index contributed by atoms with van der Waals surface area (Å²) in [6, 6.07) is 28.2. The van der Waals surface area contributed by atoms with E-state index in [1.165, 1.54) is 12.1 Å². The zero-order chi connectivity index (χ0) is 34.5. The van der Waals surface area contributed by atoms with Gasteiger partial charge in [-0.3, -0.25) is 9.11 Å². The summed E-state index contributed by atoms with van der Waals surface area (Å²) in [6.45, 7) is 1.93. The fourth-order valence-corrected chi connectivity index (χ4v) is 6.52. The molecule has 0 saturated heterocycles. The molecule has 14 heteroatoms. The lowest BCUT2D eigenvalue weighted by Gasteiger charge is -2.12. The van der Waals surface area contributed by atoms with Gasteiger partial charge in [0.25, 0.3) is 20.2 Å². The summed E-state index contributed by atoms with van der Waals surface area (Å²) in [5.41, 5.74) is 16.0. The number of fused-ring (bicyclic) bond motifs is 1. The lowest BCUT2D eigenvalue weighted by Crippen LogP contribution is -2.09. The molecule has 246 valence electrons. The van der Waals surface area contributed by atoms with Gasteiger partial charge in [-0.1, -0.05) is 79.7 Å². The van der Waals surface area contributed by atoms with Crippen LogP contribution < -0.4 is 11.5 Å². The van der Waals surface area contributed by atoms with E-state index in [-0.39, 0.29) is 33.1 Å². The van der Waals surface area contributed by atoms with E-state index >= 15 is 0 Å². The molecule has 5 aromatic rings. The van der Waals surface area contributed by atoms with E-state index < -0.39 is 26.3 Å². The molecule has 0 fully saturated rings. The molecule has 0 bridgehead atoms. The first-order chi connectivity index (χ1) is 22.9. The van der Waals surface area contributed by atoms with E-state index in [1.54, 1.807) is 72.8 Å². The number of benzene rings is 5. The van der Waals surface area contributed by atoms with Crippen LogP contribution in [0.15, 0.2) is 135 Å². The first-order valence-electron chi connectivity index (χ1n) is 14.7. The van der Waals surface area contributed by atoms with E-state index in [1.807, 2.05) is 31.2 Å². The van der Waals surface area contributed by atoms with Gasteiger partial charge in [0.1, 0.15) is 10.6 Å². The van der Waals surface area contributed by atoms with Crippen LogP contribution in [0.5, 0.6) is 0 Å². The maximum Gasteiger partial charge on any atom is 0.295 e. The average Bonchev–Trinajstić information content (AvgIpc) is 3.07. The number of azo groups is 2. The van der Waals surface area contributed by atoms with Crippen LogP contribution >= 0.6 is 0 Å². The molecule has 5 rings (SSSR count). The van der Waals surface area contributed by atoms with Crippen LogP contribution in [-0.4, -0.2) is 32.0 Å². The molecule has 48 heavy (non-hydrogen) atoms. The Morgan fingerprint density at radius 3 is 1.90 bits per heavy atom. The normalized spacial score (nSPS) is 13.5. The fraction of sp³-hybridized carbons (Fsp3) is 0.118. The van der Waals surface area contributed by atoms with Crippen molar-refractivity contribution in [3.8, 4) is 11.1 Å². The van der Waals surface area contributed by atoms with Crippen LogP contribution in [0.3, 0.4) is 0 Å². The van der Waals surface area contributed by atoms with Crippen molar-refractivity contribution >= 4 is 58.7 Å². The van der Waals surface area contributed by atoms with E-state index in [9.17, 15) is 25.9 Å². The zero-order valence-electron chi connectivity index (χ0n) is 25.7. The summed E-state index contributed by atoms with van der Waals surface area (Å²) in [5, 5.41) is 17.7. The highest BCUT2D eigenvalue weighted by Crippen LogP contribution is 2.37. The van der Waals surface area contributed by atoms with Crippen LogP contribution in [0.2, 0.25) is 0 Å². The third kappa shape index (κ3) is 7.87. The summed E-state index contributed by atoms with van der Waals surface area (Å²) in [4.78, 5) is -0.575. The number of anilines is 1. The minimum absolute atomic E-state index is 0.0986.